The van der Waals surface area contributed by atoms with E-state index in [9.17, 15) is 0 Å². The van der Waals surface area contributed by atoms with Gasteiger partial charge in [0.25, 0.3) is 0 Å². The molecule has 1 aromatic rings. The van der Waals surface area contributed by atoms with Gasteiger partial charge in [-0.1, -0.05) is 0 Å². The van der Waals surface area contributed by atoms with Gasteiger partial charge in [0.15, 0.2) is 0 Å². The van der Waals surface area contributed by atoms with Crippen molar-refractivity contribution in [1.29, 1.82) is 0 Å². The SMILES string of the molecule is CC(C)Oc1cncc(C(NN)C2(C)CCCO2)c1. The van der Waals surface area contributed by atoms with E-state index in [1.807, 2.05) is 26.1 Å². The minimum Gasteiger partial charge on any atom is -0.489 e. The Morgan fingerprint density at radius 2 is 2.26 bits per heavy atom. The van der Waals surface area contributed by atoms with E-state index in [2.05, 4.69) is 17.3 Å². The Kier molecular flexibility index (Phi) is 4.39. The summed E-state index contributed by atoms with van der Waals surface area (Å²) in [5.41, 5.74) is 3.57. The lowest BCUT2D eigenvalue weighted by Crippen LogP contribution is -2.44. The fourth-order valence-corrected chi connectivity index (χ4v) is 2.58. The van der Waals surface area contributed by atoms with Crippen LogP contribution in [-0.4, -0.2) is 23.3 Å². The van der Waals surface area contributed by atoms with Crippen molar-refractivity contribution in [2.45, 2.75) is 51.4 Å². The summed E-state index contributed by atoms with van der Waals surface area (Å²) >= 11 is 0. The van der Waals surface area contributed by atoms with E-state index < -0.39 is 0 Å². The normalized spacial score (nSPS) is 24.7. The first-order valence-corrected chi connectivity index (χ1v) is 6.77. The molecule has 1 aromatic heterocycles. The Balaban J connectivity index is 2.23. The number of ether oxygens (including phenoxy) is 2. The molecule has 1 saturated heterocycles. The predicted octanol–water partition coefficient (Wildman–Crippen LogP) is 1.94. The number of hydrogen-bond donors (Lipinski definition) is 2. The number of aromatic nitrogens is 1. The molecule has 0 spiro atoms. The maximum atomic E-state index is 5.86. The summed E-state index contributed by atoms with van der Waals surface area (Å²) in [7, 11) is 0. The highest BCUT2D eigenvalue weighted by Crippen LogP contribution is 2.37. The Morgan fingerprint density at radius 1 is 1.47 bits per heavy atom. The van der Waals surface area contributed by atoms with Crippen molar-refractivity contribution in [1.82, 2.24) is 10.4 Å². The Labute approximate surface area is 114 Å². The van der Waals surface area contributed by atoms with E-state index in [-0.39, 0.29) is 17.7 Å². The molecule has 3 N–H and O–H groups in total. The van der Waals surface area contributed by atoms with Crippen LogP contribution in [0, 0.1) is 0 Å². The summed E-state index contributed by atoms with van der Waals surface area (Å²) in [6.45, 7) is 6.85. The summed E-state index contributed by atoms with van der Waals surface area (Å²) in [4.78, 5) is 4.23. The molecule has 0 radical (unpaired) electrons. The lowest BCUT2D eigenvalue weighted by atomic mass is 9.89. The molecule has 2 heterocycles. The molecular formula is C14H23N3O2. The zero-order valence-corrected chi connectivity index (χ0v) is 11.8. The summed E-state index contributed by atoms with van der Waals surface area (Å²) in [6, 6.07) is 1.89. The van der Waals surface area contributed by atoms with Crippen LogP contribution in [0.25, 0.3) is 0 Å². The average Bonchev–Trinajstić information content (AvgIpc) is 2.77. The number of hydrogen-bond acceptors (Lipinski definition) is 5. The van der Waals surface area contributed by atoms with E-state index in [0.29, 0.717) is 0 Å². The van der Waals surface area contributed by atoms with Crippen molar-refractivity contribution in [2.75, 3.05) is 6.61 Å². The molecule has 0 saturated carbocycles. The predicted molar refractivity (Wildman–Crippen MR) is 73.7 cm³/mol. The minimum absolute atomic E-state index is 0.0850. The molecule has 0 amide bonds. The number of rotatable bonds is 5. The largest absolute Gasteiger partial charge is 0.489 e. The first kappa shape index (κ1) is 14.2. The third-order valence-electron chi connectivity index (χ3n) is 3.47. The van der Waals surface area contributed by atoms with Crippen molar-refractivity contribution in [3.8, 4) is 5.75 Å². The molecule has 5 heteroatoms. The van der Waals surface area contributed by atoms with Crippen molar-refractivity contribution in [2.24, 2.45) is 5.84 Å². The van der Waals surface area contributed by atoms with Gasteiger partial charge in [-0.2, -0.15) is 0 Å². The van der Waals surface area contributed by atoms with Crippen LogP contribution in [0.5, 0.6) is 5.75 Å². The molecule has 2 atom stereocenters. The van der Waals surface area contributed by atoms with E-state index >= 15 is 0 Å². The number of nitrogens with one attached hydrogen (secondary N) is 1. The molecule has 0 bridgehead atoms. The van der Waals surface area contributed by atoms with E-state index in [1.54, 1.807) is 6.20 Å². The second-order valence-electron chi connectivity index (χ2n) is 5.48. The van der Waals surface area contributed by atoms with Gasteiger partial charge in [0, 0.05) is 12.8 Å². The van der Waals surface area contributed by atoms with Crippen molar-refractivity contribution in [3.05, 3.63) is 24.0 Å². The third-order valence-corrected chi connectivity index (χ3v) is 3.47. The van der Waals surface area contributed by atoms with Gasteiger partial charge in [-0.25, -0.2) is 0 Å². The quantitative estimate of drug-likeness (QED) is 0.629. The van der Waals surface area contributed by atoms with Crippen LogP contribution < -0.4 is 16.0 Å². The van der Waals surface area contributed by atoms with Crippen LogP contribution in [-0.2, 0) is 4.74 Å². The fourth-order valence-electron chi connectivity index (χ4n) is 2.58. The van der Waals surface area contributed by atoms with Crippen LogP contribution in [0.3, 0.4) is 0 Å². The first-order chi connectivity index (χ1) is 9.05. The lowest BCUT2D eigenvalue weighted by Gasteiger charge is -2.33. The highest BCUT2D eigenvalue weighted by molar-refractivity contribution is 5.28. The lowest BCUT2D eigenvalue weighted by molar-refractivity contribution is -0.0127. The van der Waals surface area contributed by atoms with Gasteiger partial charge in [-0.05, 0) is 45.2 Å². The Bertz CT molecular complexity index is 417. The summed E-state index contributed by atoms with van der Waals surface area (Å²) in [5, 5.41) is 0. The van der Waals surface area contributed by atoms with Crippen LogP contribution in [0.4, 0.5) is 0 Å². The zero-order chi connectivity index (χ0) is 13.9. The molecule has 2 rings (SSSR count). The molecule has 1 fully saturated rings. The molecule has 0 aromatic carbocycles. The number of pyridine rings is 1. The van der Waals surface area contributed by atoms with Gasteiger partial charge in [0.05, 0.1) is 23.9 Å². The second-order valence-corrected chi connectivity index (χ2v) is 5.48. The van der Waals surface area contributed by atoms with Crippen LogP contribution in [0.1, 0.15) is 45.2 Å². The molecule has 5 nitrogen and oxygen atoms in total. The molecule has 2 unspecified atom stereocenters. The van der Waals surface area contributed by atoms with Gasteiger partial charge >= 0.3 is 0 Å². The van der Waals surface area contributed by atoms with E-state index in [4.69, 9.17) is 15.3 Å². The van der Waals surface area contributed by atoms with Gasteiger partial charge in [0.2, 0.25) is 0 Å². The third kappa shape index (κ3) is 3.23. The summed E-state index contributed by atoms with van der Waals surface area (Å²) in [6.07, 6.45) is 5.70. The monoisotopic (exact) mass is 265 g/mol. The fraction of sp³-hybridized carbons (Fsp3) is 0.643. The molecule has 106 valence electrons. The second kappa shape index (κ2) is 5.86. The van der Waals surface area contributed by atoms with Gasteiger partial charge in [0.1, 0.15) is 5.75 Å². The minimum atomic E-state index is -0.285. The smallest absolute Gasteiger partial charge is 0.138 e. The van der Waals surface area contributed by atoms with E-state index in [0.717, 1.165) is 30.8 Å². The number of hydrazine groups is 1. The van der Waals surface area contributed by atoms with Crippen LogP contribution in [0.15, 0.2) is 18.5 Å². The van der Waals surface area contributed by atoms with Gasteiger partial charge in [-0.15, -0.1) is 0 Å². The molecular weight excluding hydrogens is 242 g/mol. The maximum Gasteiger partial charge on any atom is 0.138 e. The van der Waals surface area contributed by atoms with Crippen molar-refractivity contribution >= 4 is 0 Å². The van der Waals surface area contributed by atoms with E-state index in [1.165, 1.54) is 0 Å². The highest BCUT2D eigenvalue weighted by atomic mass is 16.5. The Hall–Kier alpha value is -1.17. The molecule has 19 heavy (non-hydrogen) atoms. The average molecular weight is 265 g/mol. The van der Waals surface area contributed by atoms with Crippen LogP contribution in [0.2, 0.25) is 0 Å². The summed E-state index contributed by atoms with van der Waals surface area (Å²) < 4.78 is 11.5. The Morgan fingerprint density at radius 3 is 2.84 bits per heavy atom. The highest BCUT2D eigenvalue weighted by Gasteiger charge is 2.39. The summed E-state index contributed by atoms with van der Waals surface area (Å²) in [5.74, 6) is 6.48. The van der Waals surface area contributed by atoms with Crippen molar-refractivity contribution < 1.29 is 9.47 Å². The molecule has 1 aliphatic rings. The van der Waals surface area contributed by atoms with Gasteiger partial charge in [-0.3, -0.25) is 16.3 Å². The van der Waals surface area contributed by atoms with Crippen molar-refractivity contribution in [3.63, 3.8) is 0 Å². The van der Waals surface area contributed by atoms with Crippen LogP contribution >= 0.6 is 0 Å². The maximum absolute atomic E-state index is 5.86. The number of nitrogens with zero attached hydrogens (tertiary/aromatic N) is 1. The molecule has 1 aliphatic heterocycles. The number of nitrogens with two attached hydrogens (primary N) is 1. The first-order valence-electron chi connectivity index (χ1n) is 6.77. The zero-order valence-electron chi connectivity index (χ0n) is 11.8. The molecule has 0 aliphatic carbocycles. The van der Waals surface area contributed by atoms with Gasteiger partial charge < -0.3 is 9.47 Å². The topological polar surface area (TPSA) is 69.4 Å². The standard InChI is InChI=1S/C14H23N3O2/c1-10(2)19-12-7-11(8-16-9-12)13(17-15)14(3)5-4-6-18-14/h7-10,13,17H,4-6,15H2,1-3H3.